The average Bonchev–Trinajstić information content (AvgIpc) is 3.54. The van der Waals surface area contributed by atoms with E-state index in [1.165, 1.54) is 6.08 Å². The van der Waals surface area contributed by atoms with Gasteiger partial charge in [-0.3, -0.25) is 4.79 Å². The van der Waals surface area contributed by atoms with Crippen molar-refractivity contribution < 1.29 is 59.9 Å². The summed E-state index contributed by atoms with van der Waals surface area (Å²) < 4.78 is 131. The van der Waals surface area contributed by atoms with Crippen molar-refractivity contribution in [1.82, 2.24) is 9.97 Å². The zero-order valence-corrected chi connectivity index (χ0v) is 28.8. The molecule has 0 aliphatic carbocycles. The van der Waals surface area contributed by atoms with Gasteiger partial charge in [0.2, 0.25) is 0 Å². The fourth-order valence-electron chi connectivity index (χ4n) is 4.68. The molecule has 2 aromatic heterocycles. The molecule has 3 aromatic carbocycles. The normalized spacial score (nSPS) is 15.0. The van der Waals surface area contributed by atoms with Gasteiger partial charge in [-0.1, -0.05) is 27.7 Å². The van der Waals surface area contributed by atoms with E-state index in [1.807, 2.05) is 27.7 Å². The molecule has 0 bridgehead atoms. The summed E-state index contributed by atoms with van der Waals surface area (Å²) in [5.41, 5.74) is -3.21. The van der Waals surface area contributed by atoms with Crippen molar-refractivity contribution in [2.24, 2.45) is 11.8 Å². The Morgan fingerprint density at radius 3 is 2.18 bits per heavy atom. The fraction of sp³-hybridized carbons (Fsp3) is 0.324. The summed E-state index contributed by atoms with van der Waals surface area (Å²) in [4.78, 5) is 19.0. The maximum atomic E-state index is 16.0. The second-order valence-corrected chi connectivity index (χ2v) is 12.5. The summed E-state index contributed by atoms with van der Waals surface area (Å²) >= 11 is -1.81. The molecule has 1 radical (unpaired) electrons. The Labute approximate surface area is 290 Å². The SMILES string of the molecule is CCC(CC)C(=O)/C=C(\O)C(CC)CC.[2H]c1nc(-c2[c-]c3c([2H])c([2H])c([2H])c([2H])c3[te]2)c2c(F)c3c([2H])c([2H])c([2H])c([2H])c3c(C(F)(F)F)c2n1.[Ir]. The van der Waals surface area contributed by atoms with E-state index in [-0.39, 0.29) is 61.9 Å². The molecule has 0 spiro atoms. The van der Waals surface area contributed by atoms with Gasteiger partial charge in [-0.05, 0) is 25.7 Å². The summed E-state index contributed by atoms with van der Waals surface area (Å²) in [7, 11) is 0. The maximum absolute atomic E-state index is 16.0. The van der Waals surface area contributed by atoms with Crippen molar-refractivity contribution in [1.29, 1.82) is 0 Å². The standard InChI is InChI=1S/C21H9F4N2Te.C13H24O2.Ir/c22-18-13-7-3-2-6-12(13)17(21(23,24)25)20-16(18)19(26-10-27-20)15-9-11-5-1-4-8-14(11)28-15;1-5-10(6-2)12(14)9-13(15)11(7-3)8-4;/h1-8,10H;9-11,14H,5-8H2,1-4H3;/q-1;;/b;12-9-;/i1D,2D,3D,4D,5D,6D,7D,8D,10D;;. The number of aliphatic hydroxyl groups is 1. The van der Waals surface area contributed by atoms with Crippen LogP contribution in [0.5, 0.6) is 0 Å². The van der Waals surface area contributed by atoms with E-state index in [0.29, 0.717) is 0 Å². The van der Waals surface area contributed by atoms with Crippen molar-refractivity contribution in [3.63, 3.8) is 0 Å². The molecule has 0 unspecified atom stereocenters. The molecule has 0 fully saturated rings. The monoisotopic (exact) mass is 909 g/mol. The van der Waals surface area contributed by atoms with Gasteiger partial charge in [-0.25, -0.2) is 0 Å². The molecule has 0 atom stereocenters. The van der Waals surface area contributed by atoms with E-state index in [4.69, 9.17) is 12.3 Å². The minimum Gasteiger partial charge on any atom is 0 e. The molecular weight excluding hydrogens is 864 g/mol. The molecule has 0 saturated carbocycles. The van der Waals surface area contributed by atoms with Crippen molar-refractivity contribution in [2.75, 3.05) is 0 Å². The number of aromatic nitrogens is 2. The number of carbonyl (C=O) groups excluding carboxylic acids is 1. The first-order valence-corrected chi connectivity index (χ1v) is 15.9. The van der Waals surface area contributed by atoms with E-state index >= 15 is 4.39 Å². The third kappa shape index (κ3) is 7.59. The Kier molecular flexibility index (Phi) is 8.71. The minimum absolute atomic E-state index is 0. The Balaban J connectivity index is 0.000000403. The maximum Gasteiger partial charge on any atom is 0 e. The van der Waals surface area contributed by atoms with Crippen molar-refractivity contribution in [3.8, 4) is 9.27 Å². The second kappa shape index (κ2) is 15.6. The van der Waals surface area contributed by atoms with Gasteiger partial charge in [0.05, 0.1) is 5.76 Å². The number of nitrogens with zero attached hydrogens (tertiary/aromatic N) is 2. The average molecular weight is 907 g/mol. The predicted octanol–water partition coefficient (Wildman–Crippen LogP) is 9.49. The fourth-order valence-corrected chi connectivity index (χ4v) is 7.27. The molecular formula is C34H33F4IrN2O2Te-. The van der Waals surface area contributed by atoms with E-state index in [2.05, 4.69) is 16.0 Å². The summed E-state index contributed by atoms with van der Waals surface area (Å²) in [6, 6.07) is -3.24. The van der Waals surface area contributed by atoms with Gasteiger partial charge in [-0.15, -0.1) is 0 Å². The molecule has 4 nitrogen and oxygen atoms in total. The quantitative estimate of drug-likeness (QED) is 0.0421. The van der Waals surface area contributed by atoms with Gasteiger partial charge in [0.1, 0.15) is 0 Å². The number of allylic oxidation sites excluding steroid dienone is 2. The number of halogens is 4. The first-order chi connectivity index (χ1) is 24.3. The number of carbonyl (C=O) groups is 1. The van der Waals surface area contributed by atoms with Crippen LogP contribution in [-0.4, -0.2) is 41.3 Å². The van der Waals surface area contributed by atoms with E-state index < -0.39 is 114 Å². The molecule has 10 heteroatoms. The van der Waals surface area contributed by atoms with Crippen molar-refractivity contribution in [2.45, 2.75) is 59.6 Å². The molecule has 0 saturated heterocycles. The van der Waals surface area contributed by atoms with Gasteiger partial charge < -0.3 is 5.11 Å². The van der Waals surface area contributed by atoms with Crippen LogP contribution in [0, 0.1) is 23.7 Å². The molecule has 235 valence electrons. The number of aliphatic hydroxyl groups excluding tert-OH is 1. The van der Waals surface area contributed by atoms with Crippen LogP contribution in [0.2, 0.25) is 0 Å². The number of fused-ring (bicyclic) bond motifs is 3. The van der Waals surface area contributed by atoms with Crippen LogP contribution in [0.15, 0.2) is 66.5 Å². The number of benzene rings is 3. The molecule has 1 N–H and O–H groups in total. The minimum atomic E-state index is -5.27. The number of rotatable bonds is 8. The Morgan fingerprint density at radius 1 is 0.977 bits per heavy atom. The Morgan fingerprint density at radius 2 is 1.57 bits per heavy atom. The number of hydrogen-bond acceptors (Lipinski definition) is 4. The number of ketones is 1. The molecule has 2 heterocycles. The van der Waals surface area contributed by atoms with Gasteiger partial charge in [0.25, 0.3) is 0 Å². The summed E-state index contributed by atoms with van der Waals surface area (Å²) in [5.74, 6) is -0.900. The summed E-state index contributed by atoms with van der Waals surface area (Å²) in [6.45, 7) is 8.07. The molecule has 0 aliphatic heterocycles. The second-order valence-electron chi connectivity index (χ2n) is 9.59. The molecule has 44 heavy (non-hydrogen) atoms. The number of hydrogen-bond donors (Lipinski definition) is 1. The van der Waals surface area contributed by atoms with Crippen molar-refractivity contribution >= 4 is 56.7 Å². The largest absolute Gasteiger partial charge is 0 e. The topological polar surface area (TPSA) is 63.1 Å². The van der Waals surface area contributed by atoms with E-state index in [0.717, 1.165) is 25.7 Å². The molecule has 5 aromatic rings. The van der Waals surface area contributed by atoms with Crippen LogP contribution in [0.3, 0.4) is 0 Å². The molecule has 5 rings (SSSR count). The predicted molar refractivity (Wildman–Crippen MR) is 165 cm³/mol. The van der Waals surface area contributed by atoms with Crippen molar-refractivity contribution in [3.05, 3.63) is 83.9 Å². The third-order valence-corrected chi connectivity index (χ3v) is 9.97. The third-order valence-electron chi connectivity index (χ3n) is 7.09. The van der Waals surface area contributed by atoms with Crippen LogP contribution in [0.25, 0.3) is 39.7 Å². The summed E-state index contributed by atoms with van der Waals surface area (Å²) in [6.07, 6.45) is -1.29. The van der Waals surface area contributed by atoms with Crippen LogP contribution in [-0.2, 0) is 31.1 Å². The van der Waals surface area contributed by atoms with E-state index in [1.54, 1.807) is 0 Å². The molecule has 0 aliphatic rings. The summed E-state index contributed by atoms with van der Waals surface area (Å²) in [5, 5.41) is 6.75. The van der Waals surface area contributed by atoms with Gasteiger partial charge in [0, 0.05) is 38.0 Å². The van der Waals surface area contributed by atoms with Crippen LogP contribution in [0.1, 0.15) is 71.3 Å². The zero-order valence-electron chi connectivity index (χ0n) is 33.1. The van der Waals surface area contributed by atoms with Gasteiger partial charge >= 0.3 is 178 Å². The zero-order chi connectivity index (χ0) is 39.1. The van der Waals surface area contributed by atoms with Crippen LogP contribution >= 0.6 is 0 Å². The van der Waals surface area contributed by atoms with E-state index in [9.17, 15) is 23.1 Å². The van der Waals surface area contributed by atoms with Gasteiger partial charge in [0.15, 0.2) is 5.78 Å². The Bertz CT molecular complexity index is 2220. The molecule has 0 amide bonds. The first kappa shape index (κ1) is 24.6. The van der Waals surface area contributed by atoms with Crippen LogP contribution < -0.4 is 0 Å². The number of alkyl halides is 3. The smallest absolute Gasteiger partial charge is 0 e. The Hall–Kier alpha value is -2.63. The van der Waals surface area contributed by atoms with Crippen LogP contribution in [0.4, 0.5) is 17.6 Å². The first-order valence-electron chi connectivity index (χ1n) is 18.1. The van der Waals surface area contributed by atoms with Gasteiger partial charge in [-0.2, -0.15) is 0 Å².